The largest absolute Gasteiger partial charge is 0.377 e. The van der Waals surface area contributed by atoms with Crippen molar-refractivity contribution >= 4 is 5.69 Å². The summed E-state index contributed by atoms with van der Waals surface area (Å²) >= 11 is 0. The number of pyridine rings is 1. The van der Waals surface area contributed by atoms with Crippen LogP contribution in [0.1, 0.15) is 36.2 Å². The fourth-order valence-electron chi connectivity index (χ4n) is 2.00. The molecule has 0 aliphatic heterocycles. The number of nitrogens with one attached hydrogen (secondary N) is 1. The van der Waals surface area contributed by atoms with Crippen molar-refractivity contribution in [2.75, 3.05) is 5.32 Å². The van der Waals surface area contributed by atoms with Crippen molar-refractivity contribution in [3.05, 3.63) is 59.2 Å². The van der Waals surface area contributed by atoms with Crippen molar-refractivity contribution in [2.45, 2.75) is 19.4 Å². The van der Waals surface area contributed by atoms with Crippen LogP contribution in [-0.4, -0.2) is 4.98 Å². The lowest BCUT2D eigenvalue weighted by Crippen LogP contribution is -2.11. The van der Waals surface area contributed by atoms with E-state index in [-0.39, 0.29) is 11.9 Å². The predicted molar refractivity (Wildman–Crippen MR) is 76.7 cm³/mol. The van der Waals surface area contributed by atoms with E-state index in [1.807, 2.05) is 19.1 Å². The molecular weight excluding hydrogens is 267 g/mol. The van der Waals surface area contributed by atoms with E-state index in [9.17, 15) is 4.39 Å². The van der Waals surface area contributed by atoms with Crippen LogP contribution in [0.4, 0.5) is 10.1 Å². The maximum absolute atomic E-state index is 12.9. The van der Waals surface area contributed by atoms with Gasteiger partial charge < -0.3 is 5.32 Å². The first-order valence-corrected chi connectivity index (χ1v) is 6.50. The first-order valence-electron chi connectivity index (χ1n) is 6.50. The molecule has 1 atom stereocenters. The molecule has 1 aromatic carbocycles. The molecule has 0 amide bonds. The monoisotopic (exact) mass is 280 g/mol. The number of halogens is 1. The van der Waals surface area contributed by atoms with Crippen LogP contribution in [0.2, 0.25) is 0 Å². The second-order valence-electron chi connectivity index (χ2n) is 4.49. The summed E-state index contributed by atoms with van der Waals surface area (Å²) in [5.41, 5.74) is 2.12. The number of aromatic nitrogens is 1. The summed E-state index contributed by atoms with van der Waals surface area (Å²) in [6.07, 6.45) is 1.93. The zero-order chi connectivity index (χ0) is 15.2. The Hall–Kier alpha value is -2.92. The van der Waals surface area contributed by atoms with Crippen molar-refractivity contribution in [3.63, 3.8) is 0 Å². The number of hydrogen-bond acceptors (Lipinski definition) is 4. The molecule has 0 saturated heterocycles. The molecule has 21 heavy (non-hydrogen) atoms. The third-order valence-electron chi connectivity index (χ3n) is 3.12. The lowest BCUT2D eigenvalue weighted by molar-refractivity contribution is 0.614. The molecule has 0 spiro atoms. The molecule has 2 aromatic rings. The summed E-state index contributed by atoms with van der Waals surface area (Å²) in [4.78, 5) is 4.07. The molecule has 0 aliphatic carbocycles. The summed E-state index contributed by atoms with van der Waals surface area (Å²) in [7, 11) is 0. The Morgan fingerprint density at radius 1 is 1.19 bits per heavy atom. The highest BCUT2D eigenvalue weighted by atomic mass is 19.1. The zero-order valence-corrected chi connectivity index (χ0v) is 11.5. The zero-order valence-electron chi connectivity index (χ0n) is 11.5. The van der Waals surface area contributed by atoms with Gasteiger partial charge in [-0.2, -0.15) is 10.5 Å². The van der Waals surface area contributed by atoms with Crippen LogP contribution in [0.25, 0.3) is 0 Å². The molecule has 0 aliphatic rings. The summed E-state index contributed by atoms with van der Waals surface area (Å²) in [6.45, 7) is 1.98. The first kappa shape index (κ1) is 14.5. The average molecular weight is 280 g/mol. The van der Waals surface area contributed by atoms with E-state index in [0.717, 1.165) is 17.8 Å². The number of nitriles is 2. The van der Waals surface area contributed by atoms with E-state index in [2.05, 4.69) is 10.3 Å². The minimum Gasteiger partial charge on any atom is -0.377 e. The fraction of sp³-hybridized carbons (Fsp3) is 0.188. The molecule has 2 rings (SSSR count). The Bertz CT molecular complexity index is 711. The van der Waals surface area contributed by atoms with Crippen LogP contribution in [0.15, 0.2) is 36.5 Å². The minimum absolute atomic E-state index is 0.0925. The van der Waals surface area contributed by atoms with Crippen LogP contribution in [-0.2, 0) is 0 Å². The predicted octanol–water partition coefficient (Wildman–Crippen LogP) is 3.53. The summed E-state index contributed by atoms with van der Waals surface area (Å²) < 4.78 is 12.9. The Balaban J connectivity index is 2.25. The van der Waals surface area contributed by atoms with Crippen LogP contribution < -0.4 is 5.32 Å². The van der Waals surface area contributed by atoms with Gasteiger partial charge >= 0.3 is 0 Å². The normalized spacial score (nSPS) is 11.2. The third-order valence-corrected chi connectivity index (χ3v) is 3.12. The van der Waals surface area contributed by atoms with Gasteiger partial charge in [-0.05, 0) is 36.8 Å². The van der Waals surface area contributed by atoms with Crippen LogP contribution in [0.3, 0.4) is 0 Å². The molecule has 104 valence electrons. The molecular formula is C16H13FN4. The molecule has 0 radical (unpaired) electrons. The minimum atomic E-state index is -0.376. The van der Waals surface area contributed by atoms with E-state index in [1.165, 1.54) is 12.3 Å². The van der Waals surface area contributed by atoms with E-state index < -0.39 is 0 Å². The van der Waals surface area contributed by atoms with Crippen molar-refractivity contribution in [2.24, 2.45) is 0 Å². The Labute approximate surface area is 122 Å². The van der Waals surface area contributed by atoms with Gasteiger partial charge in [-0.3, -0.25) is 4.98 Å². The highest BCUT2D eigenvalue weighted by Gasteiger charge is 2.12. The first-order chi connectivity index (χ1) is 10.2. The molecule has 0 bridgehead atoms. The topological polar surface area (TPSA) is 72.5 Å². The Kier molecular flexibility index (Phi) is 4.48. The smallest absolute Gasteiger partial charge is 0.141 e. The number of rotatable bonds is 4. The van der Waals surface area contributed by atoms with Gasteiger partial charge in [0.1, 0.15) is 18.0 Å². The van der Waals surface area contributed by atoms with Crippen molar-refractivity contribution < 1.29 is 4.39 Å². The fourth-order valence-corrected chi connectivity index (χ4v) is 2.00. The lowest BCUT2D eigenvalue weighted by Gasteiger charge is -2.18. The molecule has 1 unspecified atom stereocenters. The van der Waals surface area contributed by atoms with Crippen LogP contribution in [0, 0.1) is 28.5 Å². The molecule has 4 nitrogen and oxygen atoms in total. The highest BCUT2D eigenvalue weighted by Crippen LogP contribution is 2.23. The summed E-state index contributed by atoms with van der Waals surface area (Å²) in [5.74, 6) is -0.376. The van der Waals surface area contributed by atoms with Crippen molar-refractivity contribution in [1.29, 1.82) is 10.5 Å². The van der Waals surface area contributed by atoms with Gasteiger partial charge in [0.15, 0.2) is 0 Å². The van der Waals surface area contributed by atoms with Crippen LogP contribution in [0.5, 0.6) is 0 Å². The molecule has 0 fully saturated rings. The summed E-state index contributed by atoms with van der Waals surface area (Å²) in [5, 5.41) is 21.2. The Morgan fingerprint density at radius 2 is 1.95 bits per heavy atom. The van der Waals surface area contributed by atoms with E-state index in [1.54, 1.807) is 24.3 Å². The molecule has 1 heterocycles. The quantitative estimate of drug-likeness (QED) is 0.929. The number of benzene rings is 1. The van der Waals surface area contributed by atoms with Crippen LogP contribution >= 0.6 is 0 Å². The van der Waals surface area contributed by atoms with Gasteiger partial charge in [0.25, 0.3) is 0 Å². The number of nitrogens with zero attached hydrogens (tertiary/aromatic N) is 3. The van der Waals surface area contributed by atoms with Gasteiger partial charge in [-0.15, -0.1) is 0 Å². The van der Waals surface area contributed by atoms with E-state index in [4.69, 9.17) is 10.5 Å². The lowest BCUT2D eigenvalue weighted by atomic mass is 10.1. The van der Waals surface area contributed by atoms with Gasteiger partial charge in [0, 0.05) is 5.69 Å². The van der Waals surface area contributed by atoms with E-state index >= 15 is 0 Å². The maximum atomic E-state index is 12.9. The SMILES string of the molecule is CCC(Nc1ccc(C#N)c(C#N)c1)c1ccc(F)cn1. The van der Waals surface area contributed by atoms with Gasteiger partial charge in [0.05, 0.1) is 29.1 Å². The molecule has 1 N–H and O–H groups in total. The van der Waals surface area contributed by atoms with Crippen molar-refractivity contribution in [3.8, 4) is 12.1 Å². The van der Waals surface area contributed by atoms with Crippen molar-refractivity contribution in [1.82, 2.24) is 4.98 Å². The molecule has 0 saturated carbocycles. The maximum Gasteiger partial charge on any atom is 0.141 e. The average Bonchev–Trinajstić information content (AvgIpc) is 2.53. The standard InChI is InChI=1S/C16H13FN4/c1-2-15(16-6-4-13(17)10-20-16)21-14-5-3-11(8-18)12(7-14)9-19/h3-7,10,15,21H,2H2,1H3. The van der Waals surface area contributed by atoms with Gasteiger partial charge in [-0.25, -0.2) is 4.39 Å². The molecule has 1 aromatic heterocycles. The van der Waals surface area contributed by atoms with Gasteiger partial charge in [-0.1, -0.05) is 6.92 Å². The van der Waals surface area contributed by atoms with Gasteiger partial charge in [0.2, 0.25) is 0 Å². The summed E-state index contributed by atoms with van der Waals surface area (Å²) in [6, 6.07) is 11.9. The second kappa shape index (κ2) is 6.49. The second-order valence-corrected chi connectivity index (χ2v) is 4.49. The highest BCUT2D eigenvalue weighted by molar-refractivity contribution is 5.56. The number of hydrogen-bond donors (Lipinski definition) is 1. The third kappa shape index (κ3) is 3.34. The Morgan fingerprint density at radius 3 is 2.52 bits per heavy atom. The van der Waals surface area contributed by atoms with E-state index in [0.29, 0.717) is 11.1 Å². The molecule has 5 heteroatoms. The number of anilines is 1.